The van der Waals surface area contributed by atoms with E-state index in [4.69, 9.17) is 0 Å². The zero-order valence-electron chi connectivity index (χ0n) is 10.6. The fraction of sp³-hybridized carbons (Fsp3) is 0.500. The molecule has 1 aromatic carbocycles. The molecule has 3 heteroatoms. The van der Waals surface area contributed by atoms with Crippen LogP contribution in [0.1, 0.15) is 30.1 Å². The van der Waals surface area contributed by atoms with Crippen LogP contribution in [0.3, 0.4) is 0 Å². The molecule has 3 nitrogen and oxygen atoms in total. The number of rotatable bonds is 2. The summed E-state index contributed by atoms with van der Waals surface area (Å²) >= 11 is 0. The van der Waals surface area contributed by atoms with Crippen molar-refractivity contribution in [3.8, 4) is 0 Å². The van der Waals surface area contributed by atoms with E-state index >= 15 is 0 Å². The van der Waals surface area contributed by atoms with E-state index in [-0.39, 0.29) is 5.91 Å². The van der Waals surface area contributed by atoms with Crippen LogP contribution in [-0.4, -0.2) is 30.9 Å². The number of benzene rings is 1. The summed E-state index contributed by atoms with van der Waals surface area (Å²) in [5.74, 6) is 0.922. The minimum absolute atomic E-state index is 0.166. The minimum atomic E-state index is 0.166. The fourth-order valence-corrected chi connectivity index (χ4v) is 2.17. The molecule has 0 saturated carbocycles. The number of amides is 1. The Balaban J connectivity index is 2.03. The van der Waals surface area contributed by atoms with Crippen molar-refractivity contribution in [2.75, 3.05) is 25.5 Å². The highest BCUT2D eigenvalue weighted by Crippen LogP contribution is 2.18. The van der Waals surface area contributed by atoms with Crippen LogP contribution in [0.5, 0.6) is 0 Å². The summed E-state index contributed by atoms with van der Waals surface area (Å²) < 4.78 is 0. The fourth-order valence-electron chi connectivity index (χ4n) is 2.17. The normalized spacial score (nSPS) is 16.9. The summed E-state index contributed by atoms with van der Waals surface area (Å²) in [5.41, 5.74) is 1.83. The zero-order chi connectivity index (χ0) is 12.3. The lowest BCUT2D eigenvalue weighted by molar-refractivity contribution is 0.0697. The van der Waals surface area contributed by atoms with Gasteiger partial charge in [0.1, 0.15) is 0 Å². The van der Waals surface area contributed by atoms with Gasteiger partial charge < -0.3 is 10.2 Å². The molecule has 1 heterocycles. The molecule has 0 spiro atoms. The molecule has 92 valence electrons. The van der Waals surface area contributed by atoms with Crippen molar-refractivity contribution in [2.45, 2.75) is 19.8 Å². The molecule has 0 unspecified atom stereocenters. The third-order valence-electron chi connectivity index (χ3n) is 3.49. The van der Waals surface area contributed by atoms with Gasteiger partial charge in [-0.25, -0.2) is 0 Å². The topological polar surface area (TPSA) is 32.3 Å². The summed E-state index contributed by atoms with van der Waals surface area (Å²) in [5, 5.41) is 3.05. The number of carbonyl (C=O) groups is 1. The maximum Gasteiger partial charge on any atom is 0.253 e. The first kappa shape index (κ1) is 12.0. The maximum atomic E-state index is 12.2. The highest BCUT2D eigenvalue weighted by molar-refractivity contribution is 5.94. The molecule has 2 rings (SSSR count). The number of hydrogen-bond acceptors (Lipinski definition) is 2. The number of carbonyl (C=O) groups excluding carboxylic acids is 1. The predicted molar refractivity (Wildman–Crippen MR) is 70.3 cm³/mol. The van der Waals surface area contributed by atoms with Crippen LogP contribution in [-0.2, 0) is 0 Å². The molecular formula is C14H20N2O. The van der Waals surface area contributed by atoms with Gasteiger partial charge in [-0.15, -0.1) is 0 Å². The van der Waals surface area contributed by atoms with Crippen molar-refractivity contribution in [1.82, 2.24) is 4.90 Å². The van der Waals surface area contributed by atoms with Crippen LogP contribution >= 0.6 is 0 Å². The summed E-state index contributed by atoms with van der Waals surface area (Å²) in [6.07, 6.45) is 2.25. The zero-order valence-corrected chi connectivity index (χ0v) is 10.6. The number of nitrogens with zero attached hydrogens (tertiary/aromatic N) is 1. The van der Waals surface area contributed by atoms with Gasteiger partial charge >= 0.3 is 0 Å². The number of anilines is 1. The second-order valence-electron chi connectivity index (χ2n) is 4.80. The van der Waals surface area contributed by atoms with Crippen LogP contribution in [0.4, 0.5) is 5.69 Å². The SMILES string of the molecule is CNc1ccc(C(=O)N2CCC(C)CC2)cc1. The highest BCUT2D eigenvalue weighted by Gasteiger charge is 2.21. The molecule has 1 aliphatic heterocycles. The van der Waals surface area contributed by atoms with Gasteiger partial charge in [-0.05, 0) is 43.0 Å². The van der Waals surface area contributed by atoms with E-state index in [2.05, 4.69) is 12.2 Å². The van der Waals surface area contributed by atoms with Gasteiger partial charge in [-0.2, -0.15) is 0 Å². The third kappa shape index (κ3) is 2.78. The van der Waals surface area contributed by atoms with Gasteiger partial charge in [0.05, 0.1) is 0 Å². The van der Waals surface area contributed by atoms with Crippen LogP contribution in [0, 0.1) is 5.92 Å². The molecule has 0 aliphatic carbocycles. The van der Waals surface area contributed by atoms with E-state index in [9.17, 15) is 4.79 Å². The molecular weight excluding hydrogens is 212 g/mol. The molecule has 0 atom stereocenters. The Hall–Kier alpha value is -1.51. The Morgan fingerprint density at radius 2 is 1.82 bits per heavy atom. The first-order chi connectivity index (χ1) is 8.20. The van der Waals surface area contributed by atoms with Crippen molar-refractivity contribution in [2.24, 2.45) is 5.92 Å². The number of nitrogens with one attached hydrogen (secondary N) is 1. The minimum Gasteiger partial charge on any atom is -0.388 e. The van der Waals surface area contributed by atoms with Crippen LogP contribution in [0.25, 0.3) is 0 Å². The number of likely N-dealkylation sites (tertiary alicyclic amines) is 1. The largest absolute Gasteiger partial charge is 0.388 e. The van der Waals surface area contributed by atoms with Crippen molar-refractivity contribution < 1.29 is 4.79 Å². The summed E-state index contributed by atoms with van der Waals surface area (Å²) in [6.45, 7) is 4.05. The van der Waals surface area contributed by atoms with Gasteiger partial charge in [0.25, 0.3) is 5.91 Å². The Morgan fingerprint density at radius 3 is 2.35 bits per heavy atom. The van der Waals surface area contributed by atoms with Crippen LogP contribution < -0.4 is 5.32 Å². The number of hydrogen-bond donors (Lipinski definition) is 1. The van der Waals surface area contributed by atoms with E-state index in [0.29, 0.717) is 0 Å². The molecule has 1 N–H and O–H groups in total. The van der Waals surface area contributed by atoms with Crippen molar-refractivity contribution in [1.29, 1.82) is 0 Å². The predicted octanol–water partition coefficient (Wildman–Crippen LogP) is 2.60. The lowest BCUT2D eigenvalue weighted by atomic mass is 9.98. The van der Waals surface area contributed by atoms with Gasteiger partial charge in [0.2, 0.25) is 0 Å². The summed E-state index contributed by atoms with van der Waals surface area (Å²) in [6, 6.07) is 7.68. The molecule has 0 radical (unpaired) electrons. The smallest absolute Gasteiger partial charge is 0.253 e. The van der Waals surface area contributed by atoms with Gasteiger partial charge in [0, 0.05) is 31.4 Å². The first-order valence-electron chi connectivity index (χ1n) is 6.28. The van der Waals surface area contributed by atoms with E-state index < -0.39 is 0 Å². The second kappa shape index (κ2) is 5.21. The Bertz CT molecular complexity index is 378. The molecule has 1 saturated heterocycles. The highest BCUT2D eigenvalue weighted by atomic mass is 16.2. The van der Waals surface area contributed by atoms with Gasteiger partial charge in [0.15, 0.2) is 0 Å². The van der Waals surface area contributed by atoms with E-state index in [0.717, 1.165) is 43.1 Å². The maximum absolute atomic E-state index is 12.2. The van der Waals surface area contributed by atoms with Crippen molar-refractivity contribution in [3.05, 3.63) is 29.8 Å². The summed E-state index contributed by atoms with van der Waals surface area (Å²) in [7, 11) is 1.88. The standard InChI is InChI=1S/C14H20N2O/c1-11-7-9-16(10-8-11)14(17)12-3-5-13(15-2)6-4-12/h3-6,11,15H,7-10H2,1-2H3. The Labute approximate surface area is 103 Å². The average molecular weight is 232 g/mol. The van der Waals surface area contributed by atoms with Crippen molar-refractivity contribution in [3.63, 3.8) is 0 Å². The second-order valence-corrected chi connectivity index (χ2v) is 4.80. The molecule has 1 fully saturated rings. The van der Waals surface area contributed by atoms with E-state index in [1.54, 1.807) is 0 Å². The number of piperidine rings is 1. The van der Waals surface area contributed by atoms with Crippen LogP contribution in [0.15, 0.2) is 24.3 Å². The molecule has 17 heavy (non-hydrogen) atoms. The molecule has 1 aromatic rings. The first-order valence-corrected chi connectivity index (χ1v) is 6.28. The van der Waals surface area contributed by atoms with Crippen LogP contribution in [0.2, 0.25) is 0 Å². The van der Waals surface area contributed by atoms with Gasteiger partial charge in [-0.3, -0.25) is 4.79 Å². The third-order valence-corrected chi connectivity index (χ3v) is 3.49. The quantitative estimate of drug-likeness (QED) is 0.850. The van der Waals surface area contributed by atoms with Crippen molar-refractivity contribution >= 4 is 11.6 Å². The lowest BCUT2D eigenvalue weighted by Gasteiger charge is -2.30. The molecule has 0 bridgehead atoms. The monoisotopic (exact) mass is 232 g/mol. The average Bonchev–Trinajstić information content (AvgIpc) is 2.39. The Morgan fingerprint density at radius 1 is 1.24 bits per heavy atom. The summed E-state index contributed by atoms with van der Waals surface area (Å²) in [4.78, 5) is 14.2. The van der Waals surface area contributed by atoms with Gasteiger partial charge in [-0.1, -0.05) is 6.92 Å². The molecule has 1 aliphatic rings. The van der Waals surface area contributed by atoms with E-state index in [1.165, 1.54) is 0 Å². The Kier molecular flexibility index (Phi) is 3.67. The molecule has 0 aromatic heterocycles. The lowest BCUT2D eigenvalue weighted by Crippen LogP contribution is -2.37. The molecule has 1 amide bonds. The van der Waals surface area contributed by atoms with E-state index in [1.807, 2.05) is 36.2 Å².